The van der Waals surface area contributed by atoms with Gasteiger partial charge in [-0.05, 0) is 86.6 Å². The normalized spacial score (nSPS) is 11.2. The van der Waals surface area contributed by atoms with E-state index in [1.807, 2.05) is 24.3 Å². The number of nitrogens with one attached hydrogen (secondary N) is 2. The van der Waals surface area contributed by atoms with Gasteiger partial charge >= 0.3 is 0 Å². The van der Waals surface area contributed by atoms with Gasteiger partial charge in [0.15, 0.2) is 11.0 Å². The molecule has 0 saturated carbocycles. The van der Waals surface area contributed by atoms with E-state index in [1.54, 1.807) is 55.9 Å². The highest BCUT2D eigenvalue weighted by molar-refractivity contribution is 7.99. The molecule has 5 aromatic rings. The Kier molecular flexibility index (Phi) is 9.86. The summed E-state index contributed by atoms with van der Waals surface area (Å²) in [6.45, 7) is 3.55. The van der Waals surface area contributed by atoms with Gasteiger partial charge in [0.2, 0.25) is 5.91 Å². The van der Waals surface area contributed by atoms with Gasteiger partial charge in [0, 0.05) is 28.2 Å². The highest BCUT2D eigenvalue weighted by atomic mass is 35.5. The maximum Gasteiger partial charge on any atom is 0.263 e. The number of methoxy groups -OCH3 is 1. The minimum atomic E-state index is -3.90. The first-order valence-electron chi connectivity index (χ1n) is 13.4. The first-order chi connectivity index (χ1) is 21.6. The Balaban J connectivity index is 1.25. The monoisotopic (exact) mass is 665 g/mol. The van der Waals surface area contributed by atoms with Gasteiger partial charge < -0.3 is 14.8 Å². The number of anilines is 2. The number of aromatic nitrogens is 5. The van der Waals surface area contributed by atoms with E-state index < -0.39 is 10.0 Å². The van der Waals surface area contributed by atoms with Crippen LogP contribution < -0.4 is 19.5 Å². The van der Waals surface area contributed by atoms with E-state index in [2.05, 4.69) is 30.2 Å². The van der Waals surface area contributed by atoms with Gasteiger partial charge in [-0.2, -0.15) is 0 Å². The molecule has 45 heavy (non-hydrogen) atoms. The molecule has 0 aliphatic rings. The summed E-state index contributed by atoms with van der Waals surface area (Å²) < 4.78 is 41.1. The summed E-state index contributed by atoms with van der Waals surface area (Å²) in [7, 11) is -2.31. The molecule has 2 N–H and O–H groups in total. The van der Waals surface area contributed by atoms with Crippen molar-refractivity contribution >= 4 is 50.8 Å². The van der Waals surface area contributed by atoms with E-state index in [0.29, 0.717) is 44.7 Å². The molecule has 2 aromatic heterocycles. The first-order valence-corrected chi connectivity index (χ1v) is 16.3. The highest BCUT2D eigenvalue weighted by Crippen LogP contribution is 2.26. The number of nitrogens with zero attached hydrogens (tertiary/aromatic N) is 5. The molecule has 232 valence electrons. The van der Waals surface area contributed by atoms with Crippen molar-refractivity contribution in [2.75, 3.05) is 22.9 Å². The van der Waals surface area contributed by atoms with Gasteiger partial charge in [-0.1, -0.05) is 23.4 Å². The molecule has 0 aliphatic heterocycles. The molecule has 0 bridgehead atoms. The fraction of sp³-hybridized carbons (Fsp3) is 0.167. The zero-order chi connectivity index (χ0) is 32.0. The third-order valence-corrected chi connectivity index (χ3v) is 8.75. The van der Waals surface area contributed by atoms with Crippen molar-refractivity contribution in [2.24, 2.45) is 0 Å². The Hall–Kier alpha value is -4.66. The number of sulfonamides is 1. The summed E-state index contributed by atoms with van der Waals surface area (Å²) in [5, 5.41) is 12.5. The predicted octanol–water partition coefficient (Wildman–Crippen LogP) is 5.45. The number of carbonyl (C=O) groups is 1. The van der Waals surface area contributed by atoms with E-state index in [-0.39, 0.29) is 29.0 Å². The van der Waals surface area contributed by atoms with Crippen LogP contribution in [0.1, 0.15) is 17.3 Å². The van der Waals surface area contributed by atoms with Crippen LogP contribution in [0.25, 0.3) is 5.69 Å². The van der Waals surface area contributed by atoms with Crippen LogP contribution in [-0.2, 0) is 21.4 Å². The van der Waals surface area contributed by atoms with Gasteiger partial charge in [-0.15, -0.1) is 10.2 Å². The molecule has 2 heterocycles. The number of rotatable bonds is 12. The number of carbonyl (C=O) groups excluding carboxylic acids is 1. The Bertz CT molecular complexity index is 1880. The standard InChI is InChI=1S/C30H28ClN7O5S2/c1-19-16-27(33-20(2)32-19)37-45(40,41)26-14-6-22(7-15-26)34-29(39)18-44-30-36-35-28(17-43-25-10-4-21(31)5-11-25)38(30)23-8-12-24(42-3)13-9-23/h4-16H,17-18H2,1-3H3,(H,34,39)(H,32,33,37). The molecule has 12 nitrogen and oxygen atoms in total. The van der Waals surface area contributed by atoms with E-state index in [0.717, 1.165) is 5.69 Å². The molecule has 5 rings (SSSR count). The summed E-state index contributed by atoms with van der Waals surface area (Å²) in [6, 6.07) is 21.7. The van der Waals surface area contributed by atoms with Crippen LogP contribution in [0.15, 0.2) is 88.9 Å². The summed E-state index contributed by atoms with van der Waals surface area (Å²) in [5.74, 6) is 2.16. The Morgan fingerprint density at radius 2 is 1.62 bits per heavy atom. The third-order valence-electron chi connectivity index (χ3n) is 6.20. The molecule has 0 saturated heterocycles. The zero-order valence-electron chi connectivity index (χ0n) is 24.4. The SMILES string of the molecule is COc1ccc(-n2c(COc3ccc(Cl)cc3)nnc2SCC(=O)Nc2ccc(S(=O)(=O)Nc3cc(C)nc(C)n3)cc2)cc1. The van der Waals surface area contributed by atoms with Gasteiger partial charge in [0.25, 0.3) is 10.0 Å². The van der Waals surface area contributed by atoms with Crippen LogP contribution in [0.3, 0.4) is 0 Å². The lowest BCUT2D eigenvalue weighted by Gasteiger charge is -2.12. The Labute approximate surface area is 269 Å². The molecule has 0 spiro atoms. The minimum Gasteiger partial charge on any atom is -0.497 e. The molecule has 0 aliphatic carbocycles. The van der Waals surface area contributed by atoms with E-state index in [4.69, 9.17) is 21.1 Å². The molecule has 0 radical (unpaired) electrons. The van der Waals surface area contributed by atoms with Crippen molar-refractivity contribution < 1.29 is 22.7 Å². The number of hydrogen-bond donors (Lipinski definition) is 2. The molecule has 0 fully saturated rings. The largest absolute Gasteiger partial charge is 0.497 e. The molecule has 0 unspecified atom stereocenters. The van der Waals surface area contributed by atoms with Crippen LogP contribution >= 0.6 is 23.4 Å². The van der Waals surface area contributed by atoms with Gasteiger partial charge in [-0.3, -0.25) is 14.1 Å². The molecule has 3 aromatic carbocycles. The van der Waals surface area contributed by atoms with Gasteiger partial charge in [-0.25, -0.2) is 18.4 Å². The molecular weight excluding hydrogens is 638 g/mol. The molecule has 1 amide bonds. The fourth-order valence-electron chi connectivity index (χ4n) is 4.17. The second kappa shape index (κ2) is 14.0. The quantitative estimate of drug-likeness (QED) is 0.165. The summed E-state index contributed by atoms with van der Waals surface area (Å²) in [5.41, 5.74) is 1.83. The summed E-state index contributed by atoms with van der Waals surface area (Å²) in [6.07, 6.45) is 0. The minimum absolute atomic E-state index is 0.0142. The van der Waals surface area contributed by atoms with Crippen LogP contribution in [-0.4, -0.2) is 51.9 Å². The van der Waals surface area contributed by atoms with Crippen molar-refractivity contribution in [1.82, 2.24) is 24.7 Å². The van der Waals surface area contributed by atoms with Crippen molar-refractivity contribution in [3.05, 3.63) is 101 Å². The first kappa shape index (κ1) is 31.8. The average molecular weight is 666 g/mol. The second-order valence-corrected chi connectivity index (χ2v) is 12.6. The van der Waals surface area contributed by atoms with E-state index in [9.17, 15) is 13.2 Å². The van der Waals surface area contributed by atoms with Crippen molar-refractivity contribution in [1.29, 1.82) is 0 Å². The molecular formula is C30H28ClN7O5S2. The maximum absolute atomic E-state index is 12.9. The van der Waals surface area contributed by atoms with Crippen molar-refractivity contribution in [3.8, 4) is 17.2 Å². The lowest BCUT2D eigenvalue weighted by molar-refractivity contribution is -0.113. The van der Waals surface area contributed by atoms with Gasteiger partial charge in [0.1, 0.15) is 29.7 Å². The highest BCUT2D eigenvalue weighted by Gasteiger charge is 2.18. The number of benzene rings is 3. The van der Waals surface area contributed by atoms with E-state index >= 15 is 0 Å². The predicted molar refractivity (Wildman–Crippen MR) is 172 cm³/mol. The number of aryl methyl sites for hydroxylation is 2. The smallest absolute Gasteiger partial charge is 0.263 e. The third kappa shape index (κ3) is 8.29. The summed E-state index contributed by atoms with van der Waals surface area (Å²) in [4.78, 5) is 21.2. The van der Waals surface area contributed by atoms with Crippen LogP contribution in [0, 0.1) is 13.8 Å². The number of thioether (sulfide) groups is 1. The van der Waals surface area contributed by atoms with Gasteiger partial charge in [0.05, 0.1) is 17.8 Å². The van der Waals surface area contributed by atoms with Crippen LogP contribution in [0.2, 0.25) is 5.02 Å². The van der Waals surface area contributed by atoms with E-state index in [1.165, 1.54) is 36.0 Å². The zero-order valence-corrected chi connectivity index (χ0v) is 26.8. The maximum atomic E-state index is 12.9. The number of hydrogen-bond acceptors (Lipinski definition) is 10. The van der Waals surface area contributed by atoms with Crippen LogP contribution in [0.4, 0.5) is 11.5 Å². The van der Waals surface area contributed by atoms with Crippen molar-refractivity contribution in [3.63, 3.8) is 0 Å². The Morgan fingerprint density at radius 3 is 2.29 bits per heavy atom. The topological polar surface area (TPSA) is 150 Å². The number of amides is 1. The number of halogens is 1. The lowest BCUT2D eigenvalue weighted by Crippen LogP contribution is -2.16. The fourth-order valence-corrected chi connectivity index (χ4v) is 6.06. The number of ether oxygens (including phenoxy) is 2. The van der Waals surface area contributed by atoms with Crippen LogP contribution in [0.5, 0.6) is 11.5 Å². The lowest BCUT2D eigenvalue weighted by atomic mass is 10.3. The Morgan fingerprint density at radius 1 is 0.933 bits per heavy atom. The second-order valence-electron chi connectivity index (χ2n) is 9.58. The summed E-state index contributed by atoms with van der Waals surface area (Å²) >= 11 is 7.17. The van der Waals surface area contributed by atoms with Crippen molar-refractivity contribution in [2.45, 2.75) is 30.5 Å². The molecule has 15 heteroatoms. The molecule has 0 atom stereocenters. The average Bonchev–Trinajstić information content (AvgIpc) is 3.42.